The lowest BCUT2D eigenvalue weighted by Crippen LogP contribution is -2.30. The number of nitrogens with zero attached hydrogens (tertiary/aromatic N) is 5. The van der Waals surface area contributed by atoms with Crippen LogP contribution in [0.1, 0.15) is 39.6 Å². The second kappa shape index (κ2) is 11.3. The van der Waals surface area contributed by atoms with Gasteiger partial charge in [-0.2, -0.15) is 0 Å². The van der Waals surface area contributed by atoms with E-state index < -0.39 is 0 Å². The van der Waals surface area contributed by atoms with E-state index in [1.54, 1.807) is 24.5 Å². The van der Waals surface area contributed by atoms with Gasteiger partial charge in [0.1, 0.15) is 28.0 Å². The van der Waals surface area contributed by atoms with Gasteiger partial charge in [-0.3, -0.25) is 0 Å². The highest BCUT2D eigenvalue weighted by Crippen LogP contribution is 2.21. The van der Waals surface area contributed by atoms with Crippen LogP contribution in [0.4, 0.5) is 11.6 Å². The van der Waals surface area contributed by atoms with Crippen LogP contribution in [0.5, 0.6) is 0 Å². The molecule has 0 unspecified atom stereocenters. The zero-order valence-corrected chi connectivity index (χ0v) is 20.8. The summed E-state index contributed by atoms with van der Waals surface area (Å²) in [6, 6.07) is 11.2. The molecule has 4 aromatic rings. The highest BCUT2D eigenvalue weighted by Gasteiger charge is 2.17. The minimum absolute atomic E-state index is 0.260. The molecule has 5 rings (SSSR count). The maximum atomic E-state index is 12.5. The fourth-order valence-electron chi connectivity index (χ4n) is 3.98. The van der Waals surface area contributed by atoms with Gasteiger partial charge in [0.25, 0.3) is 0 Å². The smallest absolute Gasteiger partial charge is 0.348 e. The molecule has 0 aromatic carbocycles. The molecule has 0 aliphatic carbocycles. The molecular weight excluding hydrogens is 474 g/mol. The first-order valence-corrected chi connectivity index (χ1v) is 12.8. The number of carbonyl (C=O) groups is 1. The molecule has 0 radical (unpaired) electrons. The monoisotopic (exact) mass is 501 g/mol. The van der Waals surface area contributed by atoms with Crippen LogP contribution in [0, 0.1) is 12.8 Å². The summed E-state index contributed by atoms with van der Waals surface area (Å²) in [5.74, 6) is 2.60. The van der Waals surface area contributed by atoms with Crippen molar-refractivity contribution >= 4 is 28.9 Å². The minimum Gasteiger partial charge on any atom is -0.461 e. The molecule has 0 atom stereocenters. The molecule has 4 aromatic heterocycles. The number of ether oxygens (including phenoxy) is 1. The van der Waals surface area contributed by atoms with E-state index in [-0.39, 0.29) is 5.97 Å². The van der Waals surface area contributed by atoms with Gasteiger partial charge in [-0.05, 0) is 80.0 Å². The molecule has 1 aliphatic rings. The van der Waals surface area contributed by atoms with Crippen molar-refractivity contribution in [1.82, 2.24) is 30.2 Å². The summed E-state index contributed by atoms with van der Waals surface area (Å²) in [4.78, 5) is 35.5. The number of aromatic nitrogens is 5. The molecule has 1 aliphatic heterocycles. The Hall–Kier alpha value is -3.76. The maximum Gasteiger partial charge on any atom is 0.348 e. The predicted octanol–water partition coefficient (Wildman–Crippen LogP) is 4.19. The molecule has 0 amide bonds. The quantitative estimate of drug-likeness (QED) is 0.343. The summed E-state index contributed by atoms with van der Waals surface area (Å²) in [5, 5.41) is 8.50. The largest absolute Gasteiger partial charge is 0.461 e. The lowest BCUT2D eigenvalue weighted by molar-refractivity contribution is 0.0421. The SMILES string of the molecule is Cc1cccc(-c2nccc(Nc3ccnc(Cc4csc(C(=O)OCC5CCNCC5)c4)n3)n2)n1. The third kappa shape index (κ3) is 6.27. The van der Waals surface area contributed by atoms with Crippen molar-refractivity contribution in [1.29, 1.82) is 0 Å². The van der Waals surface area contributed by atoms with E-state index >= 15 is 0 Å². The van der Waals surface area contributed by atoms with Crippen LogP contribution in [0.2, 0.25) is 0 Å². The lowest BCUT2D eigenvalue weighted by Gasteiger charge is -2.21. The standard InChI is InChI=1S/C26H27N7O2S/c1-17-3-2-4-20(30-17)25-29-12-8-23(33-25)31-22-7-11-28-24(32-22)14-19-13-21(36-16-19)26(34)35-15-18-5-9-27-10-6-18/h2-4,7-8,11-13,16,18,27H,5-6,9-10,14-15H2,1H3,(H,28,29,31,32,33). The van der Waals surface area contributed by atoms with Crippen LogP contribution in [0.25, 0.3) is 11.5 Å². The Labute approximate surface area is 213 Å². The fraction of sp³-hybridized carbons (Fsp3) is 0.308. The zero-order valence-electron chi connectivity index (χ0n) is 20.0. The van der Waals surface area contributed by atoms with Gasteiger partial charge in [0.2, 0.25) is 0 Å². The number of thiophene rings is 1. The molecule has 0 bridgehead atoms. The average Bonchev–Trinajstić information content (AvgIpc) is 3.37. The highest BCUT2D eigenvalue weighted by atomic mass is 32.1. The van der Waals surface area contributed by atoms with Crippen molar-refractivity contribution < 1.29 is 9.53 Å². The van der Waals surface area contributed by atoms with Crippen molar-refractivity contribution in [3.05, 3.63) is 76.1 Å². The van der Waals surface area contributed by atoms with Gasteiger partial charge >= 0.3 is 5.97 Å². The van der Waals surface area contributed by atoms with E-state index in [1.165, 1.54) is 11.3 Å². The normalized spacial score (nSPS) is 13.9. The van der Waals surface area contributed by atoms with E-state index in [2.05, 4.69) is 35.6 Å². The highest BCUT2D eigenvalue weighted by molar-refractivity contribution is 7.12. The number of rotatable bonds is 8. The van der Waals surface area contributed by atoms with Gasteiger partial charge in [-0.15, -0.1) is 11.3 Å². The summed E-state index contributed by atoms with van der Waals surface area (Å²) in [7, 11) is 0. The van der Waals surface area contributed by atoms with Gasteiger partial charge in [-0.1, -0.05) is 6.07 Å². The fourth-order valence-corrected chi connectivity index (χ4v) is 4.78. The number of esters is 1. The van der Waals surface area contributed by atoms with Gasteiger partial charge in [0.15, 0.2) is 5.82 Å². The molecule has 0 spiro atoms. The van der Waals surface area contributed by atoms with Crippen molar-refractivity contribution in [2.45, 2.75) is 26.2 Å². The third-order valence-electron chi connectivity index (χ3n) is 5.86. The van der Waals surface area contributed by atoms with E-state index in [0.29, 0.717) is 52.8 Å². The Kier molecular flexibility index (Phi) is 7.53. The maximum absolute atomic E-state index is 12.5. The van der Waals surface area contributed by atoms with E-state index in [1.807, 2.05) is 36.6 Å². The van der Waals surface area contributed by atoms with E-state index in [4.69, 9.17) is 4.74 Å². The first-order valence-electron chi connectivity index (χ1n) is 11.9. The van der Waals surface area contributed by atoms with E-state index in [9.17, 15) is 4.79 Å². The van der Waals surface area contributed by atoms with Crippen LogP contribution < -0.4 is 10.6 Å². The molecule has 184 valence electrons. The van der Waals surface area contributed by atoms with E-state index in [0.717, 1.165) is 37.2 Å². The predicted molar refractivity (Wildman–Crippen MR) is 138 cm³/mol. The Morgan fingerprint density at radius 3 is 2.72 bits per heavy atom. The summed E-state index contributed by atoms with van der Waals surface area (Å²) in [5.41, 5.74) is 2.59. The van der Waals surface area contributed by atoms with Gasteiger partial charge < -0.3 is 15.4 Å². The van der Waals surface area contributed by atoms with Crippen molar-refractivity contribution in [2.24, 2.45) is 5.92 Å². The second-order valence-corrected chi connectivity index (χ2v) is 9.61. The van der Waals surface area contributed by atoms with Gasteiger partial charge in [0, 0.05) is 24.5 Å². The molecule has 10 heteroatoms. The Bertz CT molecular complexity index is 1340. The molecule has 5 heterocycles. The second-order valence-electron chi connectivity index (χ2n) is 8.70. The minimum atomic E-state index is -0.260. The number of pyridine rings is 1. The first kappa shape index (κ1) is 24.0. The topological polar surface area (TPSA) is 115 Å². The van der Waals surface area contributed by atoms with Crippen LogP contribution in [-0.2, 0) is 11.2 Å². The number of aryl methyl sites for hydroxylation is 1. The summed E-state index contributed by atoms with van der Waals surface area (Å²) in [6.45, 7) is 4.39. The molecular formula is C26H27N7O2S. The summed E-state index contributed by atoms with van der Waals surface area (Å²) >= 11 is 1.39. The average molecular weight is 502 g/mol. The number of carbonyl (C=O) groups excluding carboxylic acids is 1. The zero-order chi connectivity index (χ0) is 24.7. The van der Waals surface area contributed by atoms with Gasteiger partial charge in [0.05, 0.1) is 6.61 Å². The Balaban J connectivity index is 1.21. The van der Waals surface area contributed by atoms with Crippen LogP contribution in [0.15, 0.2) is 54.2 Å². The van der Waals surface area contributed by atoms with Crippen molar-refractivity contribution in [2.75, 3.05) is 25.0 Å². The van der Waals surface area contributed by atoms with Crippen LogP contribution in [0.3, 0.4) is 0 Å². The number of anilines is 2. The molecule has 0 saturated carbocycles. The Morgan fingerprint density at radius 2 is 1.89 bits per heavy atom. The molecule has 9 nitrogen and oxygen atoms in total. The number of nitrogens with one attached hydrogen (secondary N) is 2. The van der Waals surface area contributed by atoms with Crippen LogP contribution in [-0.4, -0.2) is 50.6 Å². The molecule has 36 heavy (non-hydrogen) atoms. The lowest BCUT2D eigenvalue weighted by atomic mass is 9.99. The number of hydrogen-bond acceptors (Lipinski definition) is 10. The summed E-state index contributed by atoms with van der Waals surface area (Å²) in [6.07, 6.45) is 5.99. The summed E-state index contributed by atoms with van der Waals surface area (Å²) < 4.78 is 5.55. The van der Waals surface area contributed by atoms with Crippen LogP contribution >= 0.6 is 11.3 Å². The molecule has 1 saturated heterocycles. The first-order chi connectivity index (χ1) is 17.6. The third-order valence-corrected chi connectivity index (χ3v) is 6.82. The molecule has 2 N–H and O–H groups in total. The van der Waals surface area contributed by atoms with Gasteiger partial charge in [-0.25, -0.2) is 29.7 Å². The van der Waals surface area contributed by atoms with Crippen molar-refractivity contribution in [3.8, 4) is 11.5 Å². The molecule has 1 fully saturated rings. The number of piperidine rings is 1. The Morgan fingerprint density at radius 1 is 1.08 bits per heavy atom. The van der Waals surface area contributed by atoms with Crippen molar-refractivity contribution in [3.63, 3.8) is 0 Å². The number of hydrogen-bond donors (Lipinski definition) is 2.